The van der Waals surface area contributed by atoms with E-state index in [1.165, 1.54) is 13.2 Å². The van der Waals surface area contributed by atoms with Crippen LogP contribution in [0.25, 0.3) is 0 Å². The zero-order valence-electron chi connectivity index (χ0n) is 11.1. The Kier molecular flexibility index (Phi) is 4.17. The summed E-state index contributed by atoms with van der Waals surface area (Å²) < 4.78 is 18.9. The summed E-state index contributed by atoms with van der Waals surface area (Å²) in [6.07, 6.45) is -0.497. The first-order valence-corrected chi connectivity index (χ1v) is 6.18. The van der Waals surface area contributed by atoms with E-state index in [1.54, 1.807) is 12.1 Å². The molecule has 1 atom stereocenters. The lowest BCUT2D eigenvalue weighted by atomic mass is 9.99. The van der Waals surface area contributed by atoms with Crippen LogP contribution in [-0.4, -0.2) is 12.2 Å². The van der Waals surface area contributed by atoms with Crippen LogP contribution in [-0.2, 0) is 6.42 Å². The molecule has 0 saturated carbocycles. The molecule has 0 saturated heterocycles. The molecule has 0 heterocycles. The molecule has 0 aliphatic heterocycles. The molecule has 1 N–H and O–H groups in total. The van der Waals surface area contributed by atoms with Gasteiger partial charge in [-0.1, -0.05) is 42.0 Å². The molecule has 0 aliphatic rings. The van der Waals surface area contributed by atoms with Gasteiger partial charge in [0.2, 0.25) is 0 Å². The monoisotopic (exact) mass is 260 g/mol. The van der Waals surface area contributed by atoms with E-state index in [4.69, 9.17) is 4.74 Å². The second-order valence-electron chi connectivity index (χ2n) is 4.57. The number of rotatable bonds is 4. The summed E-state index contributed by atoms with van der Waals surface area (Å²) in [5.74, 6) is -0.342. The summed E-state index contributed by atoms with van der Waals surface area (Å²) in [6.45, 7) is 1.99. The van der Waals surface area contributed by atoms with Crippen LogP contribution in [0.1, 0.15) is 22.8 Å². The fourth-order valence-corrected chi connectivity index (χ4v) is 2.12. The highest BCUT2D eigenvalue weighted by Crippen LogP contribution is 2.27. The van der Waals surface area contributed by atoms with Crippen LogP contribution in [0.5, 0.6) is 5.75 Å². The van der Waals surface area contributed by atoms with Gasteiger partial charge in [0.05, 0.1) is 13.2 Å². The number of ether oxygens (including phenoxy) is 1. The molecular weight excluding hydrogens is 243 g/mol. The summed E-state index contributed by atoms with van der Waals surface area (Å²) >= 11 is 0. The molecule has 0 bridgehead atoms. The Balaban J connectivity index is 2.23. The van der Waals surface area contributed by atoms with Gasteiger partial charge >= 0.3 is 0 Å². The lowest BCUT2D eigenvalue weighted by molar-refractivity contribution is 0.172. The standard InChI is InChI=1S/C16H17FO2/c1-11-5-3-6-12(9-11)10-14(18)13-7-4-8-15(19-2)16(13)17/h3-9,14,18H,10H2,1-2H3. The minimum atomic E-state index is -0.878. The third-order valence-electron chi connectivity index (χ3n) is 3.08. The molecule has 0 radical (unpaired) electrons. The number of benzene rings is 2. The van der Waals surface area contributed by atoms with E-state index < -0.39 is 11.9 Å². The summed E-state index contributed by atoms with van der Waals surface area (Å²) in [4.78, 5) is 0. The lowest BCUT2D eigenvalue weighted by Gasteiger charge is -2.14. The van der Waals surface area contributed by atoms with Crippen molar-refractivity contribution in [2.75, 3.05) is 7.11 Å². The van der Waals surface area contributed by atoms with Gasteiger partial charge in [0.1, 0.15) is 0 Å². The van der Waals surface area contributed by atoms with Gasteiger partial charge in [-0.15, -0.1) is 0 Å². The smallest absolute Gasteiger partial charge is 0.170 e. The first-order valence-electron chi connectivity index (χ1n) is 6.18. The third-order valence-corrected chi connectivity index (χ3v) is 3.08. The Hall–Kier alpha value is -1.87. The van der Waals surface area contributed by atoms with Crippen molar-refractivity contribution >= 4 is 0 Å². The number of aliphatic hydroxyl groups is 1. The molecule has 2 rings (SSSR count). The van der Waals surface area contributed by atoms with Crippen LogP contribution in [0.4, 0.5) is 4.39 Å². The quantitative estimate of drug-likeness (QED) is 0.912. The maximum Gasteiger partial charge on any atom is 0.170 e. The molecule has 2 aromatic rings. The van der Waals surface area contributed by atoms with Crippen molar-refractivity contribution in [1.82, 2.24) is 0 Å². The molecule has 0 spiro atoms. The Morgan fingerprint density at radius 3 is 2.63 bits per heavy atom. The first-order chi connectivity index (χ1) is 9.11. The van der Waals surface area contributed by atoms with Gasteiger partial charge in [0.15, 0.2) is 11.6 Å². The summed E-state index contributed by atoms with van der Waals surface area (Å²) in [5, 5.41) is 10.2. The Bertz CT molecular complexity index is 566. The van der Waals surface area contributed by atoms with Crippen LogP contribution in [0.15, 0.2) is 42.5 Å². The Morgan fingerprint density at radius 2 is 1.95 bits per heavy atom. The molecule has 19 heavy (non-hydrogen) atoms. The van der Waals surface area contributed by atoms with Gasteiger partial charge in [0.25, 0.3) is 0 Å². The maximum absolute atomic E-state index is 14.0. The molecule has 0 aliphatic carbocycles. The number of methoxy groups -OCH3 is 1. The van der Waals surface area contributed by atoms with Crippen molar-refractivity contribution < 1.29 is 14.2 Å². The van der Waals surface area contributed by atoms with Crippen LogP contribution in [0.2, 0.25) is 0 Å². The molecule has 2 aromatic carbocycles. The van der Waals surface area contributed by atoms with E-state index in [1.807, 2.05) is 31.2 Å². The van der Waals surface area contributed by atoms with Gasteiger partial charge in [-0.25, -0.2) is 4.39 Å². The molecule has 100 valence electrons. The van der Waals surface area contributed by atoms with Crippen LogP contribution < -0.4 is 4.74 Å². The van der Waals surface area contributed by atoms with E-state index in [2.05, 4.69) is 0 Å². The molecule has 0 fully saturated rings. The van der Waals surface area contributed by atoms with E-state index in [-0.39, 0.29) is 11.3 Å². The van der Waals surface area contributed by atoms with Crippen molar-refractivity contribution in [2.45, 2.75) is 19.4 Å². The van der Waals surface area contributed by atoms with Crippen molar-refractivity contribution in [3.8, 4) is 5.75 Å². The lowest BCUT2D eigenvalue weighted by Crippen LogP contribution is -2.05. The first kappa shape index (κ1) is 13.6. The predicted molar refractivity (Wildman–Crippen MR) is 72.8 cm³/mol. The normalized spacial score (nSPS) is 12.2. The molecule has 2 nitrogen and oxygen atoms in total. The fourth-order valence-electron chi connectivity index (χ4n) is 2.12. The van der Waals surface area contributed by atoms with E-state index >= 15 is 0 Å². The number of aryl methyl sites for hydroxylation is 1. The third kappa shape index (κ3) is 3.12. The average molecular weight is 260 g/mol. The van der Waals surface area contributed by atoms with Crippen molar-refractivity contribution in [2.24, 2.45) is 0 Å². The highest BCUT2D eigenvalue weighted by Gasteiger charge is 2.16. The summed E-state index contributed by atoms with van der Waals surface area (Å²) in [6, 6.07) is 12.6. The molecule has 3 heteroatoms. The van der Waals surface area contributed by atoms with Crippen molar-refractivity contribution in [3.05, 3.63) is 65.0 Å². The maximum atomic E-state index is 14.0. The molecule has 0 aromatic heterocycles. The average Bonchev–Trinajstić information content (AvgIpc) is 2.39. The Morgan fingerprint density at radius 1 is 1.21 bits per heavy atom. The molecule has 1 unspecified atom stereocenters. The number of hydrogen-bond donors (Lipinski definition) is 1. The Labute approximate surface area is 112 Å². The topological polar surface area (TPSA) is 29.5 Å². The van der Waals surface area contributed by atoms with Gasteiger partial charge in [-0.3, -0.25) is 0 Å². The summed E-state index contributed by atoms with van der Waals surface area (Å²) in [5.41, 5.74) is 2.37. The molecule has 0 amide bonds. The minimum absolute atomic E-state index is 0.154. The van der Waals surface area contributed by atoms with Crippen molar-refractivity contribution in [1.29, 1.82) is 0 Å². The number of hydrogen-bond acceptors (Lipinski definition) is 2. The minimum Gasteiger partial charge on any atom is -0.494 e. The molecular formula is C16H17FO2. The van der Waals surface area contributed by atoms with Crippen LogP contribution >= 0.6 is 0 Å². The van der Waals surface area contributed by atoms with E-state index in [0.29, 0.717) is 6.42 Å². The van der Waals surface area contributed by atoms with E-state index in [0.717, 1.165) is 11.1 Å². The van der Waals surface area contributed by atoms with Crippen LogP contribution in [0, 0.1) is 12.7 Å². The predicted octanol–water partition coefficient (Wildman–Crippen LogP) is 3.42. The number of halogens is 1. The van der Waals surface area contributed by atoms with Gasteiger partial charge in [-0.2, -0.15) is 0 Å². The second-order valence-corrected chi connectivity index (χ2v) is 4.57. The highest BCUT2D eigenvalue weighted by atomic mass is 19.1. The van der Waals surface area contributed by atoms with Crippen molar-refractivity contribution in [3.63, 3.8) is 0 Å². The largest absolute Gasteiger partial charge is 0.494 e. The number of aliphatic hydroxyl groups excluding tert-OH is 1. The van der Waals surface area contributed by atoms with E-state index in [9.17, 15) is 9.50 Å². The SMILES string of the molecule is COc1cccc(C(O)Cc2cccc(C)c2)c1F. The van der Waals surface area contributed by atoms with Gasteiger partial charge in [0, 0.05) is 12.0 Å². The fraction of sp³-hybridized carbons (Fsp3) is 0.250. The zero-order valence-corrected chi connectivity index (χ0v) is 11.1. The zero-order chi connectivity index (χ0) is 13.8. The van der Waals surface area contributed by atoms with Gasteiger partial charge < -0.3 is 9.84 Å². The summed E-state index contributed by atoms with van der Waals surface area (Å²) in [7, 11) is 1.41. The highest BCUT2D eigenvalue weighted by molar-refractivity contribution is 5.33. The van der Waals surface area contributed by atoms with Gasteiger partial charge in [-0.05, 0) is 18.6 Å². The van der Waals surface area contributed by atoms with Crippen LogP contribution in [0.3, 0.4) is 0 Å². The second kappa shape index (κ2) is 5.85.